The van der Waals surface area contributed by atoms with Gasteiger partial charge in [0, 0.05) is 6.07 Å². The van der Waals surface area contributed by atoms with E-state index in [-0.39, 0.29) is 11.4 Å². The van der Waals surface area contributed by atoms with E-state index in [2.05, 4.69) is 6.92 Å². The zero-order chi connectivity index (χ0) is 25.4. The van der Waals surface area contributed by atoms with Crippen molar-refractivity contribution in [1.29, 1.82) is 0 Å². The molecule has 0 aliphatic rings. The SMILES string of the molecule is CCCCCCCCCCCCCCCCCCCCCCCCCc1ccc(O)c([N+](=O)[O-])c1. The normalized spacial score (nSPS) is 11.2. The van der Waals surface area contributed by atoms with Gasteiger partial charge in [0.05, 0.1) is 4.92 Å². The molecule has 1 aromatic carbocycles. The predicted octanol–water partition coefficient (Wildman–Crippen LogP) is 10.8. The van der Waals surface area contributed by atoms with Crippen molar-refractivity contribution in [3.8, 4) is 5.75 Å². The van der Waals surface area contributed by atoms with Crippen LogP contribution in [0.4, 0.5) is 5.69 Å². The average Bonchev–Trinajstić information content (AvgIpc) is 2.85. The van der Waals surface area contributed by atoms with Gasteiger partial charge in [-0.1, -0.05) is 154 Å². The number of unbranched alkanes of at least 4 members (excludes halogenated alkanes) is 22. The van der Waals surface area contributed by atoms with Crippen molar-refractivity contribution in [1.82, 2.24) is 0 Å². The molecule has 0 fully saturated rings. The van der Waals surface area contributed by atoms with Gasteiger partial charge in [-0.3, -0.25) is 10.1 Å². The van der Waals surface area contributed by atoms with Crippen LogP contribution in [0.2, 0.25) is 0 Å². The van der Waals surface area contributed by atoms with Crippen molar-refractivity contribution in [3.63, 3.8) is 0 Å². The minimum absolute atomic E-state index is 0.184. The second-order valence-corrected chi connectivity index (χ2v) is 10.6. The molecule has 1 N–H and O–H groups in total. The Hall–Kier alpha value is -1.58. The Balaban J connectivity index is 1.76. The standard InChI is InChI=1S/C31H55NO3/c1-2-3-4-5-6-7-8-9-10-11-12-13-14-15-16-17-18-19-20-21-22-23-24-25-29-26-27-31(33)30(28-29)32(34)35/h26-28,33H,2-25H2,1H3. The van der Waals surface area contributed by atoms with Crippen LogP contribution in [0, 0.1) is 10.1 Å². The quantitative estimate of drug-likeness (QED) is 0.0843. The Bertz CT molecular complexity index is 632. The first kappa shape index (κ1) is 31.4. The summed E-state index contributed by atoms with van der Waals surface area (Å²) >= 11 is 0. The fourth-order valence-corrected chi connectivity index (χ4v) is 4.99. The molecular formula is C31H55NO3. The highest BCUT2D eigenvalue weighted by Gasteiger charge is 2.13. The summed E-state index contributed by atoms with van der Waals surface area (Å²) in [6.07, 6.45) is 32.7. The van der Waals surface area contributed by atoms with Crippen LogP contribution >= 0.6 is 0 Å². The molecule has 0 saturated carbocycles. The number of aromatic hydroxyl groups is 1. The molecule has 0 bridgehead atoms. The van der Waals surface area contributed by atoms with Crippen LogP contribution in [0.1, 0.15) is 160 Å². The largest absolute Gasteiger partial charge is 0.502 e. The Morgan fingerprint density at radius 2 is 0.943 bits per heavy atom. The summed E-state index contributed by atoms with van der Waals surface area (Å²) in [5.74, 6) is -0.247. The van der Waals surface area contributed by atoms with Crippen LogP contribution < -0.4 is 0 Å². The minimum atomic E-state index is -0.516. The number of nitrogens with zero attached hydrogens (tertiary/aromatic N) is 1. The summed E-state index contributed by atoms with van der Waals surface area (Å²) in [4.78, 5) is 10.4. The highest BCUT2D eigenvalue weighted by molar-refractivity contribution is 5.47. The molecule has 0 atom stereocenters. The van der Waals surface area contributed by atoms with E-state index >= 15 is 0 Å². The molecule has 0 heterocycles. The third-order valence-corrected chi connectivity index (χ3v) is 7.31. The van der Waals surface area contributed by atoms with E-state index in [9.17, 15) is 15.2 Å². The van der Waals surface area contributed by atoms with Crippen LogP contribution in [-0.4, -0.2) is 10.0 Å². The van der Waals surface area contributed by atoms with Gasteiger partial charge in [0.2, 0.25) is 0 Å². The Morgan fingerprint density at radius 3 is 1.29 bits per heavy atom. The second kappa shape index (κ2) is 22.9. The third kappa shape index (κ3) is 18.4. The molecule has 0 saturated heterocycles. The maximum atomic E-state index is 10.9. The molecule has 0 unspecified atom stereocenters. The number of nitro groups is 1. The van der Waals surface area contributed by atoms with Crippen LogP contribution in [0.5, 0.6) is 5.75 Å². The summed E-state index contributed by atoms with van der Waals surface area (Å²) in [7, 11) is 0. The van der Waals surface area contributed by atoms with E-state index in [4.69, 9.17) is 0 Å². The molecule has 0 aliphatic carbocycles. The van der Waals surface area contributed by atoms with Gasteiger partial charge in [-0.2, -0.15) is 0 Å². The van der Waals surface area contributed by atoms with Gasteiger partial charge in [0.1, 0.15) is 0 Å². The molecule has 0 spiro atoms. The van der Waals surface area contributed by atoms with Crippen molar-refractivity contribution in [2.75, 3.05) is 0 Å². The molecule has 1 rings (SSSR count). The van der Waals surface area contributed by atoms with E-state index in [0.717, 1.165) is 18.4 Å². The van der Waals surface area contributed by atoms with E-state index in [1.54, 1.807) is 6.07 Å². The summed E-state index contributed by atoms with van der Waals surface area (Å²) in [6, 6.07) is 4.74. The van der Waals surface area contributed by atoms with Crippen LogP contribution in [0.15, 0.2) is 18.2 Å². The monoisotopic (exact) mass is 489 g/mol. The molecule has 4 heteroatoms. The van der Waals surface area contributed by atoms with Crippen molar-refractivity contribution in [2.24, 2.45) is 0 Å². The van der Waals surface area contributed by atoms with Crippen molar-refractivity contribution in [2.45, 2.75) is 161 Å². The number of aryl methyl sites for hydroxylation is 1. The summed E-state index contributed by atoms with van der Waals surface area (Å²) < 4.78 is 0. The maximum absolute atomic E-state index is 10.9. The zero-order valence-corrected chi connectivity index (χ0v) is 22.9. The highest BCUT2D eigenvalue weighted by atomic mass is 16.6. The van der Waals surface area contributed by atoms with Crippen LogP contribution in [0.25, 0.3) is 0 Å². The summed E-state index contributed by atoms with van der Waals surface area (Å²) in [5.41, 5.74) is 0.759. The highest BCUT2D eigenvalue weighted by Crippen LogP contribution is 2.27. The number of phenolic OH excluding ortho intramolecular Hbond substituents is 1. The molecular weight excluding hydrogens is 434 g/mol. The van der Waals surface area contributed by atoms with Gasteiger partial charge in [-0.25, -0.2) is 0 Å². The molecule has 4 nitrogen and oxygen atoms in total. The number of hydrogen-bond acceptors (Lipinski definition) is 3. The van der Waals surface area contributed by atoms with Gasteiger partial charge in [0.25, 0.3) is 0 Å². The zero-order valence-electron chi connectivity index (χ0n) is 22.9. The first-order valence-electron chi connectivity index (χ1n) is 15.1. The van der Waals surface area contributed by atoms with E-state index in [1.807, 2.05) is 0 Å². The Labute approximate surface area is 216 Å². The third-order valence-electron chi connectivity index (χ3n) is 7.31. The lowest BCUT2D eigenvalue weighted by Gasteiger charge is -2.05. The van der Waals surface area contributed by atoms with Gasteiger partial charge < -0.3 is 5.11 Å². The number of nitro benzene ring substituents is 1. The van der Waals surface area contributed by atoms with Crippen LogP contribution in [0.3, 0.4) is 0 Å². The van der Waals surface area contributed by atoms with Crippen molar-refractivity contribution >= 4 is 5.69 Å². The molecule has 35 heavy (non-hydrogen) atoms. The fraction of sp³-hybridized carbons (Fsp3) is 0.806. The number of rotatable bonds is 25. The van der Waals surface area contributed by atoms with Crippen LogP contribution in [-0.2, 0) is 6.42 Å². The van der Waals surface area contributed by atoms with E-state index in [0.29, 0.717) is 0 Å². The fourth-order valence-electron chi connectivity index (χ4n) is 4.99. The molecule has 0 aromatic heterocycles. The Kier molecular flexibility index (Phi) is 20.5. The number of benzene rings is 1. The average molecular weight is 490 g/mol. The molecule has 0 amide bonds. The Morgan fingerprint density at radius 1 is 0.600 bits per heavy atom. The van der Waals surface area contributed by atoms with Gasteiger partial charge in [0.15, 0.2) is 5.75 Å². The number of phenols is 1. The summed E-state index contributed by atoms with van der Waals surface area (Å²) in [5, 5.41) is 20.4. The van der Waals surface area contributed by atoms with E-state index in [1.165, 1.54) is 153 Å². The first-order valence-corrected chi connectivity index (χ1v) is 15.1. The van der Waals surface area contributed by atoms with Crippen molar-refractivity contribution in [3.05, 3.63) is 33.9 Å². The molecule has 0 aliphatic heterocycles. The smallest absolute Gasteiger partial charge is 0.310 e. The number of hydrogen-bond donors (Lipinski definition) is 1. The molecule has 1 aromatic rings. The van der Waals surface area contributed by atoms with Gasteiger partial charge in [-0.05, 0) is 24.5 Å². The first-order chi connectivity index (χ1) is 17.1. The molecule has 0 radical (unpaired) electrons. The van der Waals surface area contributed by atoms with Gasteiger partial charge in [-0.15, -0.1) is 0 Å². The van der Waals surface area contributed by atoms with Crippen molar-refractivity contribution < 1.29 is 10.0 Å². The predicted molar refractivity (Wildman–Crippen MR) is 150 cm³/mol. The minimum Gasteiger partial charge on any atom is -0.502 e. The second-order valence-electron chi connectivity index (χ2n) is 10.6. The maximum Gasteiger partial charge on any atom is 0.310 e. The lowest BCUT2D eigenvalue weighted by Crippen LogP contribution is -1.92. The topological polar surface area (TPSA) is 63.4 Å². The lowest BCUT2D eigenvalue weighted by molar-refractivity contribution is -0.385. The van der Waals surface area contributed by atoms with E-state index < -0.39 is 4.92 Å². The molecule has 202 valence electrons. The lowest BCUT2D eigenvalue weighted by atomic mass is 10.0. The van der Waals surface area contributed by atoms with Gasteiger partial charge >= 0.3 is 5.69 Å². The summed E-state index contributed by atoms with van der Waals surface area (Å²) in [6.45, 7) is 2.29.